The van der Waals surface area contributed by atoms with E-state index in [9.17, 15) is 9.59 Å². The van der Waals surface area contributed by atoms with Crippen molar-refractivity contribution >= 4 is 46.2 Å². The number of hydrazone groups is 1. The highest BCUT2D eigenvalue weighted by Crippen LogP contribution is 2.17. The first-order chi connectivity index (χ1) is 10.1. The molecule has 0 aliphatic carbocycles. The maximum atomic E-state index is 12.0. The average molecular weight is 344 g/mol. The molecule has 6 nitrogen and oxygen atoms in total. The van der Waals surface area contributed by atoms with E-state index >= 15 is 0 Å². The van der Waals surface area contributed by atoms with Crippen LogP contribution in [0.4, 0.5) is 0 Å². The Hall–Kier alpha value is -1.92. The number of ketones is 1. The monoisotopic (exact) mass is 343 g/mol. The number of aromatic nitrogens is 1. The van der Waals surface area contributed by atoms with Gasteiger partial charge in [-0.05, 0) is 32.9 Å². The van der Waals surface area contributed by atoms with Crippen molar-refractivity contribution in [3.05, 3.63) is 34.6 Å². The normalized spacial score (nSPS) is 12.5. The molecule has 8 heteroatoms. The molecule has 0 fully saturated rings. The standard InChI is InChI=1S/C14H15Cl2N3O3/c1-14(2,3)22-11(20)5-4-8-7-18-10(15)6-9(8)12(21)13(16)19-17/h4-7H,17H2,1-3H3. The number of ether oxygens (including phenoxy) is 1. The number of rotatable bonds is 4. The Morgan fingerprint density at radius 3 is 2.59 bits per heavy atom. The zero-order valence-corrected chi connectivity index (χ0v) is 13.8. The van der Waals surface area contributed by atoms with Crippen molar-refractivity contribution in [1.82, 2.24) is 4.98 Å². The van der Waals surface area contributed by atoms with Gasteiger partial charge in [0.1, 0.15) is 10.8 Å². The van der Waals surface area contributed by atoms with Crippen molar-refractivity contribution in [2.24, 2.45) is 10.9 Å². The van der Waals surface area contributed by atoms with Gasteiger partial charge in [-0.25, -0.2) is 9.78 Å². The highest BCUT2D eigenvalue weighted by atomic mass is 35.5. The van der Waals surface area contributed by atoms with Gasteiger partial charge in [0.15, 0.2) is 5.17 Å². The third kappa shape index (κ3) is 5.46. The maximum Gasteiger partial charge on any atom is 0.331 e. The fourth-order valence-corrected chi connectivity index (χ4v) is 1.69. The predicted molar refractivity (Wildman–Crippen MR) is 85.9 cm³/mol. The van der Waals surface area contributed by atoms with E-state index in [-0.39, 0.29) is 10.7 Å². The Bertz CT molecular complexity index is 649. The largest absolute Gasteiger partial charge is 0.457 e. The molecule has 1 rings (SSSR count). The Morgan fingerprint density at radius 2 is 2.05 bits per heavy atom. The van der Waals surface area contributed by atoms with Gasteiger partial charge in [-0.1, -0.05) is 23.2 Å². The number of nitrogens with zero attached hydrogens (tertiary/aromatic N) is 2. The number of carbonyl (C=O) groups excluding carboxylic acids is 2. The molecule has 1 aromatic rings. The van der Waals surface area contributed by atoms with Crippen molar-refractivity contribution < 1.29 is 14.3 Å². The van der Waals surface area contributed by atoms with Crippen molar-refractivity contribution in [3.63, 3.8) is 0 Å². The molecule has 0 saturated heterocycles. The number of hydrogen-bond donors (Lipinski definition) is 1. The molecule has 0 spiro atoms. The van der Waals surface area contributed by atoms with Crippen LogP contribution < -0.4 is 5.84 Å². The van der Waals surface area contributed by atoms with Gasteiger partial charge >= 0.3 is 5.97 Å². The van der Waals surface area contributed by atoms with Gasteiger partial charge in [-0.3, -0.25) is 4.79 Å². The van der Waals surface area contributed by atoms with Gasteiger partial charge in [-0.2, -0.15) is 5.10 Å². The summed E-state index contributed by atoms with van der Waals surface area (Å²) in [5.41, 5.74) is -0.158. The highest BCUT2D eigenvalue weighted by Gasteiger charge is 2.17. The molecule has 0 amide bonds. The molecule has 0 unspecified atom stereocenters. The van der Waals surface area contributed by atoms with Crippen molar-refractivity contribution in [2.45, 2.75) is 26.4 Å². The molecule has 2 N–H and O–H groups in total. The summed E-state index contributed by atoms with van der Waals surface area (Å²) in [4.78, 5) is 27.6. The number of esters is 1. The molecule has 1 aromatic heterocycles. The lowest BCUT2D eigenvalue weighted by atomic mass is 10.1. The second-order valence-electron chi connectivity index (χ2n) is 5.21. The molecule has 1 heterocycles. The van der Waals surface area contributed by atoms with Crippen molar-refractivity contribution in [2.75, 3.05) is 0 Å². The van der Waals surface area contributed by atoms with Gasteiger partial charge in [0.25, 0.3) is 0 Å². The summed E-state index contributed by atoms with van der Waals surface area (Å²) in [7, 11) is 0. The smallest absolute Gasteiger partial charge is 0.331 e. The van der Waals surface area contributed by atoms with E-state index in [4.69, 9.17) is 33.8 Å². The Kier molecular flexibility index (Phi) is 6.08. The lowest BCUT2D eigenvalue weighted by Crippen LogP contribution is -2.22. The number of hydrogen-bond acceptors (Lipinski definition) is 6. The third-order valence-electron chi connectivity index (χ3n) is 2.25. The van der Waals surface area contributed by atoms with Crippen LogP contribution in [0.25, 0.3) is 6.08 Å². The molecule has 22 heavy (non-hydrogen) atoms. The number of pyridine rings is 1. The lowest BCUT2D eigenvalue weighted by Gasteiger charge is -2.17. The molecule has 0 aromatic carbocycles. The van der Waals surface area contributed by atoms with Gasteiger partial charge < -0.3 is 10.6 Å². The minimum Gasteiger partial charge on any atom is -0.457 e. The van der Waals surface area contributed by atoms with E-state index < -0.39 is 22.5 Å². The van der Waals surface area contributed by atoms with Crippen LogP contribution in [-0.4, -0.2) is 27.5 Å². The number of halogens is 2. The van der Waals surface area contributed by atoms with Crippen LogP contribution in [0.2, 0.25) is 5.15 Å². The molecule has 0 atom stereocenters. The third-order valence-corrected chi connectivity index (χ3v) is 2.73. The number of Topliss-reactive ketones (excluding diaryl/α,β-unsaturated/α-hetero) is 1. The summed E-state index contributed by atoms with van der Waals surface area (Å²) >= 11 is 11.4. The second kappa shape index (κ2) is 7.38. The highest BCUT2D eigenvalue weighted by molar-refractivity contribution is 6.85. The molecular formula is C14H15Cl2N3O3. The van der Waals surface area contributed by atoms with Gasteiger partial charge in [0.05, 0.1) is 0 Å². The maximum absolute atomic E-state index is 12.0. The molecule has 0 bridgehead atoms. The summed E-state index contributed by atoms with van der Waals surface area (Å²) in [6.07, 6.45) is 3.89. The lowest BCUT2D eigenvalue weighted by molar-refractivity contribution is -0.148. The second-order valence-corrected chi connectivity index (χ2v) is 5.96. The predicted octanol–water partition coefficient (Wildman–Crippen LogP) is 2.78. The molecular weight excluding hydrogens is 329 g/mol. The summed E-state index contributed by atoms with van der Waals surface area (Å²) in [5.74, 6) is 3.80. The van der Waals surface area contributed by atoms with Gasteiger partial charge in [-0.15, -0.1) is 0 Å². The molecule has 0 saturated carbocycles. The van der Waals surface area contributed by atoms with E-state index in [0.29, 0.717) is 5.56 Å². The first-order valence-electron chi connectivity index (χ1n) is 6.18. The minimum absolute atomic E-state index is 0.0965. The zero-order chi connectivity index (χ0) is 16.9. The SMILES string of the molecule is CC(C)(C)OC(=O)C=Cc1cnc(Cl)cc1C(=O)C(Cl)=NN. The van der Waals surface area contributed by atoms with Crippen molar-refractivity contribution in [3.8, 4) is 0 Å². The van der Waals surface area contributed by atoms with E-state index in [1.165, 1.54) is 24.4 Å². The van der Waals surface area contributed by atoms with Crippen LogP contribution in [-0.2, 0) is 9.53 Å². The van der Waals surface area contributed by atoms with Gasteiger partial charge in [0.2, 0.25) is 5.78 Å². The van der Waals surface area contributed by atoms with Crippen LogP contribution in [0, 0.1) is 0 Å². The fourth-order valence-electron chi connectivity index (χ4n) is 1.43. The van der Waals surface area contributed by atoms with Crippen LogP contribution in [0.1, 0.15) is 36.7 Å². The zero-order valence-electron chi connectivity index (χ0n) is 12.3. The van der Waals surface area contributed by atoms with E-state index in [0.717, 1.165) is 0 Å². The summed E-state index contributed by atoms with van der Waals surface area (Å²) in [6.45, 7) is 5.24. The van der Waals surface area contributed by atoms with Crippen LogP contribution in [0.5, 0.6) is 0 Å². The molecule has 0 aliphatic heterocycles. The van der Waals surface area contributed by atoms with Crippen LogP contribution in [0.15, 0.2) is 23.4 Å². The van der Waals surface area contributed by atoms with E-state index in [1.807, 2.05) is 0 Å². The fraction of sp³-hybridized carbons (Fsp3) is 0.286. The topological polar surface area (TPSA) is 94.6 Å². The van der Waals surface area contributed by atoms with E-state index in [2.05, 4.69) is 10.1 Å². The quantitative estimate of drug-likeness (QED) is 0.172. The average Bonchev–Trinajstić information content (AvgIpc) is 2.42. The Morgan fingerprint density at radius 1 is 1.41 bits per heavy atom. The molecule has 118 valence electrons. The minimum atomic E-state index is -0.627. The van der Waals surface area contributed by atoms with Crippen LogP contribution in [0.3, 0.4) is 0 Å². The number of nitrogens with two attached hydrogens (primary N) is 1. The first-order valence-corrected chi connectivity index (χ1v) is 6.94. The molecule has 0 radical (unpaired) electrons. The Balaban J connectivity index is 3.10. The summed E-state index contributed by atoms with van der Waals surface area (Å²) in [5, 5.41) is 2.82. The van der Waals surface area contributed by atoms with Gasteiger partial charge in [0, 0.05) is 23.4 Å². The Labute approximate surface area is 137 Å². The molecule has 0 aliphatic rings. The van der Waals surface area contributed by atoms with Crippen LogP contribution >= 0.6 is 23.2 Å². The van der Waals surface area contributed by atoms with E-state index in [1.54, 1.807) is 20.8 Å². The summed E-state index contributed by atoms with van der Waals surface area (Å²) in [6, 6.07) is 1.31. The first kappa shape index (κ1) is 18.1. The van der Waals surface area contributed by atoms with Crippen molar-refractivity contribution in [1.29, 1.82) is 0 Å². The summed E-state index contributed by atoms with van der Waals surface area (Å²) < 4.78 is 5.13. The number of carbonyl (C=O) groups is 2.